The van der Waals surface area contributed by atoms with E-state index in [4.69, 9.17) is 5.11 Å². The Morgan fingerprint density at radius 1 is 1.21 bits per heavy atom. The molecule has 0 aliphatic heterocycles. The van der Waals surface area contributed by atoms with Gasteiger partial charge in [0.15, 0.2) is 0 Å². The van der Waals surface area contributed by atoms with Gasteiger partial charge in [-0.25, -0.2) is 14.4 Å². The number of halogens is 1. The minimum atomic E-state index is -0.295. The standard InChI is InChI=1S/C20H23FN6O2/c1-13-7-16(19(29)22-2)8-15(18(13)21)4-3-14-9-23-20(24-10-14)26-17-11-25-27(12-17)5-6-28/h7-12,28H,3-6H2,1-2H3,(H,22,29)(H,23,24,26). The summed E-state index contributed by atoms with van der Waals surface area (Å²) >= 11 is 0. The lowest BCUT2D eigenvalue weighted by Crippen LogP contribution is -2.18. The van der Waals surface area contributed by atoms with Crippen molar-refractivity contribution in [2.45, 2.75) is 26.3 Å². The molecule has 152 valence electrons. The normalized spacial score (nSPS) is 10.8. The van der Waals surface area contributed by atoms with Crippen LogP contribution in [0.25, 0.3) is 0 Å². The maximum Gasteiger partial charge on any atom is 0.251 e. The number of aliphatic hydroxyl groups excluding tert-OH is 1. The van der Waals surface area contributed by atoms with Crippen LogP contribution in [-0.4, -0.2) is 44.4 Å². The molecule has 0 bridgehead atoms. The molecule has 2 aromatic heterocycles. The van der Waals surface area contributed by atoms with Crippen molar-refractivity contribution in [1.82, 2.24) is 25.1 Å². The van der Waals surface area contributed by atoms with Crippen LogP contribution >= 0.6 is 0 Å². The summed E-state index contributed by atoms with van der Waals surface area (Å²) in [7, 11) is 1.55. The van der Waals surface area contributed by atoms with Gasteiger partial charge in [0.2, 0.25) is 5.95 Å². The molecule has 29 heavy (non-hydrogen) atoms. The number of hydrogen-bond donors (Lipinski definition) is 3. The monoisotopic (exact) mass is 398 g/mol. The lowest BCUT2D eigenvalue weighted by atomic mass is 10.00. The number of amides is 1. The number of rotatable bonds is 8. The topological polar surface area (TPSA) is 105 Å². The lowest BCUT2D eigenvalue weighted by molar-refractivity contribution is 0.0963. The van der Waals surface area contributed by atoms with E-state index >= 15 is 0 Å². The summed E-state index contributed by atoms with van der Waals surface area (Å²) in [5.74, 6) is -0.117. The van der Waals surface area contributed by atoms with Gasteiger partial charge in [-0.15, -0.1) is 0 Å². The fourth-order valence-electron chi connectivity index (χ4n) is 2.91. The molecular formula is C20H23FN6O2. The summed E-state index contributed by atoms with van der Waals surface area (Å²) in [6.45, 7) is 2.08. The van der Waals surface area contributed by atoms with Crippen LogP contribution in [0.1, 0.15) is 27.0 Å². The first kappa shape index (κ1) is 20.4. The average molecular weight is 398 g/mol. The van der Waals surface area contributed by atoms with Crippen LogP contribution in [0, 0.1) is 12.7 Å². The van der Waals surface area contributed by atoms with Gasteiger partial charge in [-0.05, 0) is 48.6 Å². The highest BCUT2D eigenvalue weighted by Gasteiger charge is 2.12. The Balaban J connectivity index is 1.64. The number of benzene rings is 1. The highest BCUT2D eigenvalue weighted by molar-refractivity contribution is 5.94. The van der Waals surface area contributed by atoms with E-state index in [1.54, 1.807) is 55.6 Å². The Labute approximate surface area is 167 Å². The molecule has 2 heterocycles. The van der Waals surface area contributed by atoms with Crippen LogP contribution in [0.4, 0.5) is 16.0 Å². The third kappa shape index (κ3) is 5.14. The van der Waals surface area contributed by atoms with Crippen LogP contribution in [0.2, 0.25) is 0 Å². The number of carbonyl (C=O) groups is 1. The SMILES string of the molecule is CNC(=O)c1cc(C)c(F)c(CCc2cnc(Nc3cnn(CCO)c3)nc2)c1. The molecule has 0 radical (unpaired) electrons. The number of nitrogens with one attached hydrogen (secondary N) is 2. The number of aryl methyl sites for hydroxylation is 3. The van der Waals surface area contributed by atoms with Gasteiger partial charge in [0, 0.05) is 31.2 Å². The number of anilines is 2. The summed E-state index contributed by atoms with van der Waals surface area (Å²) in [5.41, 5.74) is 2.95. The van der Waals surface area contributed by atoms with Crippen LogP contribution in [0.3, 0.4) is 0 Å². The van der Waals surface area contributed by atoms with Crippen LogP contribution < -0.4 is 10.6 Å². The van der Waals surface area contributed by atoms with Crippen molar-refractivity contribution >= 4 is 17.5 Å². The summed E-state index contributed by atoms with van der Waals surface area (Å²) in [5, 5.41) is 18.6. The first-order valence-corrected chi connectivity index (χ1v) is 9.22. The van der Waals surface area contributed by atoms with Gasteiger partial charge in [-0.2, -0.15) is 5.10 Å². The second kappa shape index (κ2) is 9.24. The zero-order valence-corrected chi connectivity index (χ0v) is 16.3. The second-order valence-corrected chi connectivity index (χ2v) is 6.60. The van der Waals surface area contributed by atoms with Crippen molar-refractivity contribution in [2.24, 2.45) is 0 Å². The second-order valence-electron chi connectivity index (χ2n) is 6.60. The van der Waals surface area contributed by atoms with Gasteiger partial charge < -0.3 is 15.7 Å². The molecule has 3 rings (SSSR count). The molecule has 0 saturated carbocycles. The van der Waals surface area contributed by atoms with Crippen molar-refractivity contribution in [1.29, 1.82) is 0 Å². The smallest absolute Gasteiger partial charge is 0.251 e. The molecule has 0 aliphatic carbocycles. The van der Waals surface area contributed by atoms with E-state index in [0.717, 1.165) is 11.3 Å². The van der Waals surface area contributed by atoms with Gasteiger partial charge in [0.05, 0.1) is 25.0 Å². The Morgan fingerprint density at radius 3 is 2.66 bits per heavy atom. The zero-order valence-electron chi connectivity index (χ0n) is 16.3. The summed E-state index contributed by atoms with van der Waals surface area (Å²) < 4.78 is 16.0. The Bertz CT molecular complexity index is 987. The highest BCUT2D eigenvalue weighted by atomic mass is 19.1. The van der Waals surface area contributed by atoms with Crippen molar-refractivity contribution in [3.63, 3.8) is 0 Å². The van der Waals surface area contributed by atoms with Gasteiger partial charge in [0.1, 0.15) is 5.82 Å². The Kier molecular flexibility index (Phi) is 6.50. The molecule has 8 nitrogen and oxygen atoms in total. The fourth-order valence-corrected chi connectivity index (χ4v) is 2.91. The first-order valence-electron chi connectivity index (χ1n) is 9.22. The lowest BCUT2D eigenvalue weighted by Gasteiger charge is -2.09. The number of aliphatic hydroxyl groups is 1. The predicted octanol–water partition coefficient (Wildman–Crippen LogP) is 2.00. The van der Waals surface area contributed by atoms with Crippen molar-refractivity contribution in [2.75, 3.05) is 19.0 Å². The molecule has 3 aromatic rings. The summed E-state index contributed by atoms with van der Waals surface area (Å²) in [4.78, 5) is 20.4. The molecule has 1 aromatic carbocycles. The third-order valence-corrected chi connectivity index (χ3v) is 4.43. The third-order valence-electron chi connectivity index (χ3n) is 4.43. The van der Waals surface area contributed by atoms with E-state index in [9.17, 15) is 9.18 Å². The maximum atomic E-state index is 14.4. The number of nitrogens with zero attached hydrogens (tertiary/aromatic N) is 4. The average Bonchev–Trinajstić information content (AvgIpc) is 3.16. The van der Waals surface area contributed by atoms with E-state index in [2.05, 4.69) is 25.7 Å². The number of hydrogen-bond acceptors (Lipinski definition) is 6. The van der Waals surface area contributed by atoms with E-state index < -0.39 is 0 Å². The maximum absolute atomic E-state index is 14.4. The Hall–Kier alpha value is -3.33. The number of carbonyl (C=O) groups excluding carboxylic acids is 1. The van der Waals surface area contributed by atoms with Crippen LogP contribution in [0.5, 0.6) is 0 Å². The van der Waals surface area contributed by atoms with Gasteiger partial charge in [-0.1, -0.05) is 0 Å². The Morgan fingerprint density at radius 2 is 1.97 bits per heavy atom. The molecule has 0 saturated heterocycles. The molecule has 0 fully saturated rings. The largest absolute Gasteiger partial charge is 0.394 e. The van der Waals surface area contributed by atoms with Crippen molar-refractivity contribution in [3.8, 4) is 0 Å². The van der Waals surface area contributed by atoms with E-state index in [0.29, 0.717) is 42.0 Å². The molecule has 0 spiro atoms. The molecular weight excluding hydrogens is 375 g/mol. The fraction of sp³-hybridized carbons (Fsp3) is 0.300. The number of aromatic nitrogens is 4. The van der Waals surface area contributed by atoms with Crippen molar-refractivity contribution < 1.29 is 14.3 Å². The van der Waals surface area contributed by atoms with Crippen LogP contribution in [-0.2, 0) is 19.4 Å². The predicted molar refractivity (Wildman–Crippen MR) is 107 cm³/mol. The summed E-state index contributed by atoms with van der Waals surface area (Å²) in [6, 6.07) is 3.13. The van der Waals surface area contributed by atoms with E-state index in [1.165, 1.54) is 0 Å². The van der Waals surface area contributed by atoms with E-state index in [-0.39, 0.29) is 18.3 Å². The zero-order chi connectivity index (χ0) is 20.8. The van der Waals surface area contributed by atoms with Gasteiger partial charge >= 0.3 is 0 Å². The molecule has 0 unspecified atom stereocenters. The molecule has 9 heteroatoms. The minimum absolute atomic E-state index is 0.0124. The minimum Gasteiger partial charge on any atom is -0.394 e. The van der Waals surface area contributed by atoms with Crippen molar-refractivity contribution in [3.05, 3.63) is 65.0 Å². The summed E-state index contributed by atoms with van der Waals surface area (Å²) in [6.07, 6.45) is 7.71. The highest BCUT2D eigenvalue weighted by Crippen LogP contribution is 2.18. The van der Waals surface area contributed by atoms with Gasteiger partial charge in [0.25, 0.3) is 5.91 Å². The van der Waals surface area contributed by atoms with Gasteiger partial charge in [-0.3, -0.25) is 9.48 Å². The first-order chi connectivity index (χ1) is 14.0. The quantitative estimate of drug-likeness (QED) is 0.536. The molecule has 0 atom stereocenters. The molecule has 0 aliphatic rings. The molecule has 3 N–H and O–H groups in total. The van der Waals surface area contributed by atoms with E-state index in [1.807, 2.05) is 0 Å². The van der Waals surface area contributed by atoms with Crippen LogP contribution in [0.15, 0.2) is 36.9 Å². The molecule has 1 amide bonds.